The number of nitrogens with zero attached hydrogens (tertiary/aromatic N) is 3. The third-order valence-electron chi connectivity index (χ3n) is 3.08. The fraction of sp³-hybridized carbons (Fsp3) is 0.0667. The van der Waals surface area contributed by atoms with Gasteiger partial charge in [0, 0.05) is 11.1 Å². The van der Waals surface area contributed by atoms with E-state index in [9.17, 15) is 0 Å². The van der Waals surface area contributed by atoms with E-state index >= 15 is 0 Å². The molecule has 0 spiro atoms. The fourth-order valence-corrected chi connectivity index (χ4v) is 2.01. The third-order valence-corrected chi connectivity index (χ3v) is 3.08. The van der Waals surface area contributed by atoms with Crippen LogP contribution in [0.3, 0.4) is 0 Å². The molecule has 3 aromatic rings. The van der Waals surface area contributed by atoms with Crippen LogP contribution in [0.15, 0.2) is 54.6 Å². The molecule has 0 aliphatic carbocycles. The third kappa shape index (κ3) is 2.09. The Morgan fingerprint density at radius 1 is 0.850 bits per heavy atom. The highest BCUT2D eigenvalue weighted by atomic mass is 16.5. The van der Waals surface area contributed by atoms with Crippen LogP contribution in [0.4, 0.5) is 0 Å². The average molecular weight is 266 g/mol. The summed E-state index contributed by atoms with van der Waals surface area (Å²) in [5.41, 5.74) is 1.82. The predicted octanol–water partition coefficient (Wildman–Crippen LogP) is 2.33. The molecule has 0 aliphatic rings. The van der Waals surface area contributed by atoms with Gasteiger partial charge >= 0.3 is 0 Å². The normalized spacial score (nSPS) is 10.4. The summed E-state index contributed by atoms with van der Waals surface area (Å²) in [6.45, 7) is 0. The summed E-state index contributed by atoms with van der Waals surface area (Å²) in [6.07, 6.45) is 0. The Hall–Kier alpha value is -2.82. The van der Waals surface area contributed by atoms with Crippen molar-refractivity contribution >= 4 is 0 Å². The second-order valence-corrected chi connectivity index (χ2v) is 4.31. The monoisotopic (exact) mass is 266 g/mol. The maximum absolute atomic E-state index is 6.10. The van der Waals surface area contributed by atoms with Crippen LogP contribution in [0.2, 0.25) is 0 Å². The topological polar surface area (TPSA) is 66.0 Å². The maximum atomic E-state index is 6.10. The maximum Gasteiger partial charge on any atom is 0.182 e. The highest BCUT2D eigenvalue weighted by Crippen LogP contribution is 2.23. The Bertz CT molecular complexity index is 704. The van der Waals surface area contributed by atoms with Crippen molar-refractivity contribution in [2.24, 2.45) is 0 Å². The second-order valence-electron chi connectivity index (χ2n) is 4.31. The number of rotatable bonds is 3. The second kappa shape index (κ2) is 5.05. The molecule has 5 heteroatoms. The lowest BCUT2D eigenvalue weighted by Gasteiger charge is -2.05. The quantitative estimate of drug-likeness (QED) is 0.739. The molecule has 1 heterocycles. The van der Waals surface area contributed by atoms with Crippen molar-refractivity contribution in [3.05, 3.63) is 54.6 Å². The van der Waals surface area contributed by atoms with Gasteiger partial charge in [-0.05, 0) is 24.3 Å². The van der Waals surface area contributed by atoms with Crippen molar-refractivity contribution in [2.45, 2.75) is 0 Å². The van der Waals surface area contributed by atoms with Crippen LogP contribution >= 0.6 is 0 Å². The van der Waals surface area contributed by atoms with Gasteiger partial charge in [0.05, 0.1) is 7.11 Å². The molecule has 0 saturated heterocycles. The van der Waals surface area contributed by atoms with Gasteiger partial charge in [-0.1, -0.05) is 30.3 Å². The number of ether oxygens (including phenoxy) is 1. The average Bonchev–Trinajstić information content (AvgIpc) is 2.90. The Morgan fingerprint density at radius 3 is 1.95 bits per heavy atom. The van der Waals surface area contributed by atoms with Gasteiger partial charge in [-0.2, -0.15) is 0 Å². The van der Waals surface area contributed by atoms with Gasteiger partial charge in [0.25, 0.3) is 0 Å². The van der Waals surface area contributed by atoms with Gasteiger partial charge in [0.2, 0.25) is 0 Å². The van der Waals surface area contributed by atoms with Crippen molar-refractivity contribution in [1.29, 1.82) is 0 Å². The molecule has 2 aromatic carbocycles. The minimum Gasteiger partial charge on any atom is -0.497 e. The first kappa shape index (κ1) is 12.2. The van der Waals surface area contributed by atoms with E-state index in [4.69, 9.17) is 10.6 Å². The van der Waals surface area contributed by atoms with Crippen LogP contribution in [-0.2, 0) is 0 Å². The van der Waals surface area contributed by atoms with E-state index in [2.05, 4.69) is 10.2 Å². The highest BCUT2D eigenvalue weighted by molar-refractivity contribution is 5.63. The molecule has 20 heavy (non-hydrogen) atoms. The van der Waals surface area contributed by atoms with E-state index in [1.165, 1.54) is 4.68 Å². The molecule has 100 valence electrons. The number of methoxy groups -OCH3 is 1. The van der Waals surface area contributed by atoms with E-state index in [1.807, 2.05) is 54.6 Å². The van der Waals surface area contributed by atoms with Crippen LogP contribution in [0.5, 0.6) is 5.75 Å². The number of hydrogen-bond donors (Lipinski definition) is 1. The first-order valence-electron chi connectivity index (χ1n) is 6.20. The van der Waals surface area contributed by atoms with E-state index in [0.29, 0.717) is 11.6 Å². The largest absolute Gasteiger partial charge is 0.497 e. The summed E-state index contributed by atoms with van der Waals surface area (Å²) in [5, 5.41) is 8.33. The zero-order chi connectivity index (χ0) is 13.9. The molecule has 1 aromatic heterocycles. The van der Waals surface area contributed by atoms with Crippen molar-refractivity contribution < 1.29 is 4.74 Å². The molecule has 0 atom stereocenters. The Labute approximate surface area is 116 Å². The van der Waals surface area contributed by atoms with Crippen LogP contribution in [-0.4, -0.2) is 22.0 Å². The number of hydrogen-bond acceptors (Lipinski definition) is 4. The molecule has 0 unspecified atom stereocenters. The number of benzene rings is 2. The summed E-state index contributed by atoms with van der Waals surface area (Å²) in [5.74, 6) is 8.14. The number of aromatic nitrogens is 3. The molecule has 0 aliphatic heterocycles. The van der Waals surface area contributed by atoms with Gasteiger partial charge in [0.1, 0.15) is 5.75 Å². The minimum atomic E-state index is 0.617. The molecular weight excluding hydrogens is 252 g/mol. The Morgan fingerprint density at radius 2 is 1.40 bits per heavy atom. The van der Waals surface area contributed by atoms with Crippen LogP contribution in [0.1, 0.15) is 0 Å². The summed E-state index contributed by atoms with van der Waals surface area (Å²) >= 11 is 0. The van der Waals surface area contributed by atoms with Gasteiger partial charge in [-0.25, -0.2) is 4.68 Å². The lowest BCUT2D eigenvalue weighted by atomic mass is 10.2. The van der Waals surface area contributed by atoms with Gasteiger partial charge in [0.15, 0.2) is 11.6 Å². The molecular formula is C15H14N4O. The standard InChI is InChI=1S/C15H14N4O/c1-20-13-9-7-12(8-10-13)15-18-17-14(19(15)16)11-5-3-2-4-6-11/h2-10H,16H2,1H3. The summed E-state index contributed by atoms with van der Waals surface area (Å²) < 4.78 is 6.63. The highest BCUT2D eigenvalue weighted by Gasteiger charge is 2.12. The molecule has 0 amide bonds. The predicted molar refractivity (Wildman–Crippen MR) is 77.6 cm³/mol. The summed E-state index contributed by atoms with van der Waals surface area (Å²) in [7, 11) is 1.63. The van der Waals surface area contributed by atoms with Crippen LogP contribution in [0, 0.1) is 0 Å². The van der Waals surface area contributed by atoms with E-state index in [1.54, 1.807) is 7.11 Å². The zero-order valence-electron chi connectivity index (χ0n) is 11.0. The summed E-state index contributed by atoms with van der Waals surface area (Å²) in [4.78, 5) is 0. The lowest BCUT2D eigenvalue weighted by molar-refractivity contribution is 0.415. The number of nitrogens with two attached hydrogens (primary N) is 1. The molecule has 3 rings (SSSR count). The molecule has 0 radical (unpaired) electrons. The molecule has 0 saturated carbocycles. The van der Waals surface area contributed by atoms with E-state index in [0.717, 1.165) is 16.9 Å². The van der Waals surface area contributed by atoms with Crippen molar-refractivity contribution in [3.8, 4) is 28.5 Å². The first-order chi connectivity index (χ1) is 9.79. The number of nitrogen functional groups attached to an aromatic ring is 1. The van der Waals surface area contributed by atoms with E-state index in [-0.39, 0.29) is 0 Å². The molecule has 0 bridgehead atoms. The van der Waals surface area contributed by atoms with Gasteiger partial charge < -0.3 is 10.6 Å². The smallest absolute Gasteiger partial charge is 0.182 e. The van der Waals surface area contributed by atoms with E-state index < -0.39 is 0 Å². The SMILES string of the molecule is COc1ccc(-c2nnc(-c3ccccc3)n2N)cc1. The fourth-order valence-electron chi connectivity index (χ4n) is 2.01. The molecule has 5 nitrogen and oxygen atoms in total. The molecule has 2 N–H and O–H groups in total. The Balaban J connectivity index is 2.01. The zero-order valence-corrected chi connectivity index (χ0v) is 11.0. The first-order valence-corrected chi connectivity index (χ1v) is 6.20. The van der Waals surface area contributed by atoms with Crippen LogP contribution in [0.25, 0.3) is 22.8 Å². The van der Waals surface area contributed by atoms with Crippen molar-refractivity contribution in [3.63, 3.8) is 0 Å². The van der Waals surface area contributed by atoms with Crippen molar-refractivity contribution in [2.75, 3.05) is 13.0 Å². The Kier molecular flexibility index (Phi) is 3.09. The molecule has 0 fully saturated rings. The van der Waals surface area contributed by atoms with Crippen molar-refractivity contribution in [1.82, 2.24) is 14.9 Å². The van der Waals surface area contributed by atoms with Gasteiger partial charge in [-0.15, -0.1) is 10.2 Å². The summed E-state index contributed by atoms with van der Waals surface area (Å²) in [6, 6.07) is 17.3. The van der Waals surface area contributed by atoms with Gasteiger partial charge in [-0.3, -0.25) is 0 Å². The van der Waals surface area contributed by atoms with Crippen LogP contribution < -0.4 is 10.6 Å². The lowest BCUT2D eigenvalue weighted by Crippen LogP contribution is -2.11. The minimum absolute atomic E-state index is 0.617.